The van der Waals surface area contributed by atoms with Crippen molar-refractivity contribution in [2.45, 2.75) is 23.9 Å². The molecule has 0 saturated carbocycles. The molecule has 2 saturated heterocycles. The number of para-hydroxylation sites is 1. The first kappa shape index (κ1) is 22.0. The van der Waals surface area contributed by atoms with Crippen molar-refractivity contribution in [3.05, 3.63) is 48.5 Å². The van der Waals surface area contributed by atoms with Gasteiger partial charge in [-0.3, -0.25) is 4.79 Å². The molecule has 1 unspecified atom stereocenters. The summed E-state index contributed by atoms with van der Waals surface area (Å²) in [7, 11) is 0. The van der Waals surface area contributed by atoms with Crippen LogP contribution in [-0.2, 0) is 4.79 Å². The van der Waals surface area contributed by atoms with Crippen molar-refractivity contribution >= 4 is 46.7 Å². The quantitative estimate of drug-likeness (QED) is 0.607. The lowest BCUT2D eigenvalue weighted by Gasteiger charge is -2.37. The molecule has 1 N–H and O–H groups in total. The maximum atomic E-state index is 12.7. The highest BCUT2D eigenvalue weighted by Gasteiger charge is 2.29. The molecule has 2 aromatic carbocycles. The zero-order chi connectivity index (χ0) is 20.5. The molecule has 0 spiro atoms. The van der Waals surface area contributed by atoms with Gasteiger partial charge in [-0.15, -0.1) is 24.2 Å². The number of thioether (sulfide) groups is 1. The Hall–Kier alpha value is -2.22. The monoisotopic (exact) mass is 457 g/mol. The number of carbonyl (C=O) groups is 1. The van der Waals surface area contributed by atoms with E-state index in [9.17, 15) is 4.79 Å². The predicted octanol–water partition coefficient (Wildman–Crippen LogP) is 3.57. The van der Waals surface area contributed by atoms with Crippen molar-refractivity contribution < 1.29 is 4.79 Å². The van der Waals surface area contributed by atoms with Crippen LogP contribution in [0.15, 0.2) is 53.6 Å². The minimum Gasteiger partial charge on any atom is -0.368 e. The first-order valence-corrected chi connectivity index (χ1v) is 11.9. The van der Waals surface area contributed by atoms with Crippen LogP contribution in [0.25, 0.3) is 16.6 Å². The van der Waals surface area contributed by atoms with Crippen LogP contribution >= 0.6 is 24.2 Å². The summed E-state index contributed by atoms with van der Waals surface area (Å²) >= 11 is 1.68. The molecule has 31 heavy (non-hydrogen) atoms. The molecular weight excluding hydrogens is 430 g/mol. The number of nitrogens with zero attached hydrogens (tertiary/aromatic N) is 4. The van der Waals surface area contributed by atoms with E-state index in [2.05, 4.69) is 46.8 Å². The normalized spacial score (nSPS) is 18.9. The number of hydrogen-bond acceptors (Lipinski definition) is 5. The number of rotatable bonds is 4. The second-order valence-electron chi connectivity index (χ2n) is 7.92. The molecule has 0 radical (unpaired) electrons. The molecule has 2 fully saturated rings. The van der Waals surface area contributed by atoms with Crippen LogP contribution < -0.4 is 10.2 Å². The maximum Gasteiger partial charge on any atom is 0.239 e. The average molecular weight is 458 g/mol. The van der Waals surface area contributed by atoms with Crippen molar-refractivity contribution in [2.75, 3.05) is 43.9 Å². The highest BCUT2D eigenvalue weighted by Crippen LogP contribution is 2.31. The van der Waals surface area contributed by atoms with Crippen LogP contribution in [0.1, 0.15) is 12.8 Å². The van der Waals surface area contributed by atoms with Crippen molar-refractivity contribution in [1.29, 1.82) is 0 Å². The number of piperazine rings is 1. The van der Waals surface area contributed by atoms with Crippen molar-refractivity contribution in [3.63, 3.8) is 0 Å². The van der Waals surface area contributed by atoms with E-state index >= 15 is 0 Å². The summed E-state index contributed by atoms with van der Waals surface area (Å²) in [5.41, 5.74) is 3.38. The van der Waals surface area contributed by atoms with Crippen LogP contribution in [0.4, 0.5) is 5.69 Å². The van der Waals surface area contributed by atoms with Gasteiger partial charge in [0.15, 0.2) is 0 Å². The third-order valence-corrected chi connectivity index (χ3v) is 6.83. The van der Waals surface area contributed by atoms with Gasteiger partial charge in [-0.1, -0.05) is 18.2 Å². The SMILES string of the molecule is CSc1nn(-c2ccccc2)c2cc(N3CCN(C(=O)C4CCCN4)CC3)ccc12.Cl. The Labute approximate surface area is 193 Å². The second kappa shape index (κ2) is 9.51. The number of anilines is 1. The van der Waals surface area contributed by atoms with Gasteiger partial charge in [0.1, 0.15) is 5.03 Å². The third kappa shape index (κ3) is 4.27. The van der Waals surface area contributed by atoms with Gasteiger partial charge in [-0.25, -0.2) is 4.68 Å². The molecule has 2 aliphatic heterocycles. The summed E-state index contributed by atoms with van der Waals surface area (Å²) < 4.78 is 2.04. The third-order valence-electron chi connectivity index (χ3n) is 6.14. The lowest BCUT2D eigenvalue weighted by atomic mass is 10.1. The number of aromatic nitrogens is 2. The summed E-state index contributed by atoms with van der Waals surface area (Å²) in [6.45, 7) is 4.24. The van der Waals surface area contributed by atoms with E-state index in [1.165, 1.54) is 11.1 Å². The van der Waals surface area contributed by atoms with Gasteiger partial charge in [-0.2, -0.15) is 5.10 Å². The number of nitrogens with one attached hydrogen (secondary N) is 1. The topological polar surface area (TPSA) is 53.4 Å². The molecule has 3 heterocycles. The molecule has 8 heteroatoms. The van der Waals surface area contributed by atoms with Crippen LogP contribution in [0, 0.1) is 0 Å². The number of fused-ring (bicyclic) bond motifs is 1. The maximum absolute atomic E-state index is 12.7. The smallest absolute Gasteiger partial charge is 0.239 e. The standard InChI is InChI=1S/C23H27N5OS.ClH/c1-30-22-19-10-9-18(16-21(19)28(25-22)17-6-3-2-4-7-17)26-12-14-27(15-13-26)23(29)20-8-5-11-24-20;/h2-4,6-7,9-10,16,20,24H,5,8,11-15H2,1H3;1H. The van der Waals surface area contributed by atoms with E-state index < -0.39 is 0 Å². The first-order chi connectivity index (χ1) is 14.7. The summed E-state index contributed by atoms with van der Waals surface area (Å²) in [6.07, 6.45) is 4.14. The van der Waals surface area contributed by atoms with Gasteiger partial charge in [0, 0.05) is 37.3 Å². The lowest BCUT2D eigenvalue weighted by molar-refractivity contribution is -0.133. The largest absolute Gasteiger partial charge is 0.368 e. The Morgan fingerprint density at radius 3 is 2.52 bits per heavy atom. The average Bonchev–Trinajstić information content (AvgIpc) is 3.47. The van der Waals surface area contributed by atoms with Gasteiger partial charge in [0.05, 0.1) is 17.2 Å². The highest BCUT2D eigenvalue weighted by atomic mass is 35.5. The summed E-state index contributed by atoms with van der Waals surface area (Å²) in [5, 5.41) is 10.4. The van der Waals surface area contributed by atoms with Crippen molar-refractivity contribution in [2.24, 2.45) is 0 Å². The van der Waals surface area contributed by atoms with E-state index in [4.69, 9.17) is 5.10 Å². The minimum atomic E-state index is 0. The molecule has 1 atom stereocenters. The minimum absolute atomic E-state index is 0. The number of benzene rings is 2. The van der Waals surface area contributed by atoms with E-state index in [0.717, 1.165) is 61.8 Å². The van der Waals surface area contributed by atoms with Gasteiger partial charge < -0.3 is 15.1 Å². The fourth-order valence-electron chi connectivity index (χ4n) is 4.49. The highest BCUT2D eigenvalue weighted by molar-refractivity contribution is 7.98. The summed E-state index contributed by atoms with van der Waals surface area (Å²) in [6, 6.07) is 16.9. The lowest BCUT2D eigenvalue weighted by Crippen LogP contribution is -2.53. The Balaban J connectivity index is 0.00000231. The fraction of sp³-hybridized carbons (Fsp3) is 0.391. The molecule has 3 aromatic rings. The van der Waals surface area contributed by atoms with Gasteiger partial charge in [0.25, 0.3) is 0 Å². The van der Waals surface area contributed by atoms with Crippen LogP contribution in [0.2, 0.25) is 0 Å². The molecule has 1 amide bonds. The second-order valence-corrected chi connectivity index (χ2v) is 8.71. The van der Waals surface area contributed by atoms with Gasteiger partial charge in [-0.05, 0) is 56.0 Å². The van der Waals surface area contributed by atoms with Gasteiger partial charge >= 0.3 is 0 Å². The van der Waals surface area contributed by atoms with Crippen molar-refractivity contribution in [1.82, 2.24) is 20.0 Å². The first-order valence-electron chi connectivity index (χ1n) is 10.6. The number of halogens is 1. The zero-order valence-electron chi connectivity index (χ0n) is 17.7. The fourth-order valence-corrected chi connectivity index (χ4v) is 5.04. The Morgan fingerprint density at radius 1 is 1.06 bits per heavy atom. The molecule has 0 bridgehead atoms. The zero-order valence-corrected chi connectivity index (χ0v) is 19.3. The number of carbonyl (C=O) groups excluding carboxylic acids is 1. The van der Waals surface area contributed by atoms with Crippen molar-refractivity contribution in [3.8, 4) is 5.69 Å². The van der Waals surface area contributed by atoms with E-state index in [1.54, 1.807) is 11.8 Å². The van der Waals surface area contributed by atoms with E-state index in [-0.39, 0.29) is 24.4 Å². The summed E-state index contributed by atoms with van der Waals surface area (Å²) in [4.78, 5) is 17.1. The summed E-state index contributed by atoms with van der Waals surface area (Å²) in [5.74, 6) is 0.273. The van der Waals surface area contributed by atoms with Crippen LogP contribution in [-0.4, -0.2) is 65.6 Å². The Morgan fingerprint density at radius 2 is 1.84 bits per heavy atom. The number of amides is 1. The van der Waals surface area contributed by atoms with E-state index in [1.807, 2.05) is 27.8 Å². The molecule has 5 rings (SSSR count). The Bertz CT molecular complexity index is 1040. The molecule has 2 aliphatic rings. The molecular formula is C23H28ClN5OS. The van der Waals surface area contributed by atoms with Gasteiger partial charge in [0.2, 0.25) is 5.91 Å². The number of hydrogen-bond donors (Lipinski definition) is 1. The molecule has 1 aromatic heterocycles. The Kier molecular flexibility index (Phi) is 6.74. The van der Waals surface area contributed by atoms with Crippen LogP contribution in [0.3, 0.4) is 0 Å². The predicted molar refractivity (Wildman–Crippen MR) is 130 cm³/mol. The molecule has 164 valence electrons. The molecule has 6 nitrogen and oxygen atoms in total. The molecule has 0 aliphatic carbocycles. The van der Waals surface area contributed by atoms with E-state index in [0.29, 0.717) is 0 Å². The van der Waals surface area contributed by atoms with Crippen LogP contribution in [0.5, 0.6) is 0 Å².